The van der Waals surface area contributed by atoms with Gasteiger partial charge in [0.25, 0.3) is 0 Å². The summed E-state index contributed by atoms with van der Waals surface area (Å²) >= 11 is 11.8. The Morgan fingerprint density at radius 1 is 1.37 bits per heavy atom. The van der Waals surface area contributed by atoms with Crippen LogP contribution >= 0.6 is 23.2 Å². The highest BCUT2D eigenvalue weighted by Gasteiger charge is 2.21. The quantitative estimate of drug-likeness (QED) is 0.623. The SMILES string of the molecule is Cc1onc(/C=C/c2ccc(Cl)cc2Cl)c1[N+](=O)[O-]. The van der Waals surface area contributed by atoms with Gasteiger partial charge in [0.05, 0.1) is 4.92 Å². The minimum absolute atomic E-state index is 0.147. The van der Waals surface area contributed by atoms with Crippen LogP contribution < -0.4 is 0 Å². The van der Waals surface area contributed by atoms with Gasteiger partial charge >= 0.3 is 5.69 Å². The van der Waals surface area contributed by atoms with Gasteiger partial charge in [-0.2, -0.15) is 0 Å². The maximum absolute atomic E-state index is 10.9. The average Bonchev–Trinajstić information content (AvgIpc) is 2.69. The molecule has 1 heterocycles. The molecule has 1 aromatic heterocycles. The van der Waals surface area contributed by atoms with Crippen molar-refractivity contribution in [3.63, 3.8) is 0 Å². The maximum Gasteiger partial charge on any atom is 0.338 e. The van der Waals surface area contributed by atoms with E-state index in [1.165, 1.54) is 13.0 Å². The molecule has 0 saturated heterocycles. The first-order valence-electron chi connectivity index (χ1n) is 5.23. The van der Waals surface area contributed by atoms with Crippen LogP contribution in [0.2, 0.25) is 10.0 Å². The summed E-state index contributed by atoms with van der Waals surface area (Å²) in [4.78, 5) is 10.3. The van der Waals surface area contributed by atoms with E-state index in [2.05, 4.69) is 5.16 Å². The normalized spacial score (nSPS) is 11.1. The van der Waals surface area contributed by atoms with Crippen LogP contribution in [0.15, 0.2) is 22.7 Å². The second-order valence-electron chi connectivity index (χ2n) is 3.73. The van der Waals surface area contributed by atoms with Gasteiger partial charge in [-0.3, -0.25) is 10.1 Å². The van der Waals surface area contributed by atoms with E-state index in [-0.39, 0.29) is 17.1 Å². The van der Waals surface area contributed by atoms with Crippen LogP contribution in [-0.4, -0.2) is 10.1 Å². The van der Waals surface area contributed by atoms with E-state index in [4.69, 9.17) is 27.7 Å². The van der Waals surface area contributed by atoms with Crippen LogP contribution in [0.4, 0.5) is 5.69 Å². The number of aryl methyl sites for hydroxylation is 1. The Labute approximate surface area is 118 Å². The molecule has 19 heavy (non-hydrogen) atoms. The van der Waals surface area contributed by atoms with Crippen molar-refractivity contribution >= 4 is 41.0 Å². The second kappa shape index (κ2) is 5.42. The molecule has 0 unspecified atom stereocenters. The number of nitrogens with zero attached hydrogens (tertiary/aromatic N) is 2. The minimum atomic E-state index is -0.533. The standard InChI is InChI=1S/C12H8Cl2N2O3/c1-7-12(16(17)18)11(15-19-7)5-3-8-2-4-9(13)6-10(8)14/h2-6H,1H3/b5-3+. The maximum atomic E-state index is 10.9. The summed E-state index contributed by atoms with van der Waals surface area (Å²) in [5.74, 6) is 0.159. The highest BCUT2D eigenvalue weighted by molar-refractivity contribution is 6.35. The lowest BCUT2D eigenvalue weighted by Gasteiger charge is -1.97. The van der Waals surface area contributed by atoms with E-state index in [0.29, 0.717) is 15.6 Å². The fraction of sp³-hybridized carbons (Fsp3) is 0.0833. The molecule has 0 bridgehead atoms. The number of nitro groups is 1. The van der Waals surface area contributed by atoms with E-state index in [1.54, 1.807) is 24.3 Å². The summed E-state index contributed by atoms with van der Waals surface area (Å²) in [7, 11) is 0. The predicted octanol–water partition coefficient (Wildman–Crippen LogP) is 4.37. The third kappa shape index (κ3) is 2.94. The van der Waals surface area contributed by atoms with Crippen molar-refractivity contribution in [2.24, 2.45) is 0 Å². The molecule has 2 aromatic rings. The first kappa shape index (κ1) is 13.6. The van der Waals surface area contributed by atoms with Gasteiger partial charge in [0.2, 0.25) is 5.76 Å². The first-order valence-corrected chi connectivity index (χ1v) is 5.98. The monoisotopic (exact) mass is 298 g/mol. The molecule has 0 atom stereocenters. The number of rotatable bonds is 3. The van der Waals surface area contributed by atoms with Crippen LogP contribution in [0.3, 0.4) is 0 Å². The molecule has 2 rings (SSSR count). The van der Waals surface area contributed by atoms with Gasteiger partial charge in [0, 0.05) is 17.0 Å². The number of halogens is 2. The predicted molar refractivity (Wildman–Crippen MR) is 73.3 cm³/mol. The van der Waals surface area contributed by atoms with Crippen LogP contribution in [0.25, 0.3) is 12.2 Å². The van der Waals surface area contributed by atoms with Crippen LogP contribution in [0.5, 0.6) is 0 Å². The molecule has 98 valence electrons. The van der Waals surface area contributed by atoms with Crippen molar-refractivity contribution in [1.82, 2.24) is 5.16 Å². The molecule has 0 aliphatic heterocycles. The lowest BCUT2D eigenvalue weighted by atomic mass is 10.2. The van der Waals surface area contributed by atoms with E-state index in [1.807, 2.05) is 0 Å². The third-order valence-corrected chi connectivity index (χ3v) is 2.99. The Morgan fingerprint density at radius 2 is 2.11 bits per heavy atom. The lowest BCUT2D eigenvalue weighted by Crippen LogP contribution is -1.90. The topological polar surface area (TPSA) is 69.2 Å². The van der Waals surface area contributed by atoms with Crippen LogP contribution in [-0.2, 0) is 0 Å². The summed E-state index contributed by atoms with van der Waals surface area (Å²) < 4.78 is 4.80. The summed E-state index contributed by atoms with van der Waals surface area (Å²) in [6.45, 7) is 1.48. The molecular formula is C12H8Cl2N2O3. The molecule has 0 fully saturated rings. The van der Waals surface area contributed by atoms with Gasteiger partial charge in [-0.25, -0.2) is 0 Å². The molecule has 0 spiro atoms. The van der Waals surface area contributed by atoms with E-state index < -0.39 is 4.92 Å². The number of hydrogen-bond acceptors (Lipinski definition) is 4. The molecule has 0 saturated carbocycles. The van der Waals surface area contributed by atoms with Crippen LogP contribution in [0, 0.1) is 17.0 Å². The number of hydrogen-bond donors (Lipinski definition) is 0. The molecule has 0 aliphatic rings. The van der Waals surface area contributed by atoms with Crippen molar-refractivity contribution in [3.8, 4) is 0 Å². The fourth-order valence-corrected chi connectivity index (χ4v) is 1.99. The lowest BCUT2D eigenvalue weighted by molar-refractivity contribution is -0.386. The van der Waals surface area contributed by atoms with Gasteiger partial charge in [-0.05, 0) is 23.8 Å². The second-order valence-corrected chi connectivity index (χ2v) is 4.57. The van der Waals surface area contributed by atoms with Crippen molar-refractivity contribution in [2.75, 3.05) is 0 Å². The molecule has 1 aromatic carbocycles. The van der Waals surface area contributed by atoms with Gasteiger partial charge < -0.3 is 4.52 Å². The smallest absolute Gasteiger partial charge is 0.338 e. The van der Waals surface area contributed by atoms with E-state index in [9.17, 15) is 10.1 Å². The third-order valence-electron chi connectivity index (χ3n) is 2.42. The Hall–Kier alpha value is -1.85. The highest BCUT2D eigenvalue weighted by atomic mass is 35.5. The summed E-state index contributed by atoms with van der Waals surface area (Å²) in [5, 5.41) is 15.5. The van der Waals surface area contributed by atoms with E-state index in [0.717, 1.165) is 0 Å². The van der Waals surface area contributed by atoms with Crippen molar-refractivity contribution in [2.45, 2.75) is 6.92 Å². The molecule has 0 amide bonds. The van der Waals surface area contributed by atoms with Gasteiger partial charge in [-0.15, -0.1) is 0 Å². The fourth-order valence-electron chi connectivity index (χ4n) is 1.52. The van der Waals surface area contributed by atoms with Crippen LogP contribution in [0.1, 0.15) is 17.0 Å². The molecule has 5 nitrogen and oxygen atoms in total. The molecule has 0 radical (unpaired) electrons. The zero-order valence-electron chi connectivity index (χ0n) is 9.76. The van der Waals surface area contributed by atoms with Gasteiger partial charge in [0.1, 0.15) is 0 Å². The molecule has 7 heteroatoms. The molecule has 0 N–H and O–H groups in total. The Morgan fingerprint density at radius 3 is 2.74 bits per heavy atom. The summed E-state index contributed by atoms with van der Waals surface area (Å²) in [6.07, 6.45) is 3.09. The molecule has 0 aliphatic carbocycles. The Bertz CT molecular complexity index is 665. The van der Waals surface area contributed by atoms with Crippen molar-refractivity contribution in [3.05, 3.63) is 55.4 Å². The van der Waals surface area contributed by atoms with Gasteiger partial charge in [0.15, 0.2) is 5.69 Å². The van der Waals surface area contributed by atoms with Gasteiger partial charge in [-0.1, -0.05) is 40.5 Å². The average molecular weight is 299 g/mol. The summed E-state index contributed by atoms with van der Waals surface area (Å²) in [5.41, 5.74) is 0.677. The molecular weight excluding hydrogens is 291 g/mol. The zero-order chi connectivity index (χ0) is 14.0. The minimum Gasteiger partial charge on any atom is -0.354 e. The first-order chi connectivity index (χ1) is 8.99. The van der Waals surface area contributed by atoms with Crippen molar-refractivity contribution in [1.29, 1.82) is 0 Å². The zero-order valence-corrected chi connectivity index (χ0v) is 11.3. The van der Waals surface area contributed by atoms with E-state index >= 15 is 0 Å². The Kier molecular flexibility index (Phi) is 3.87. The largest absolute Gasteiger partial charge is 0.354 e. The number of benzene rings is 1. The highest BCUT2D eigenvalue weighted by Crippen LogP contribution is 2.26. The Balaban J connectivity index is 2.35. The van der Waals surface area contributed by atoms with Crippen molar-refractivity contribution < 1.29 is 9.45 Å². The number of aromatic nitrogens is 1. The summed E-state index contributed by atoms with van der Waals surface area (Å²) in [6, 6.07) is 4.97.